The van der Waals surface area contributed by atoms with E-state index in [0.29, 0.717) is 6.42 Å². The molecule has 0 aliphatic carbocycles. The first-order valence-electron chi connectivity index (χ1n) is 7.26. The van der Waals surface area contributed by atoms with Crippen LogP contribution in [0.25, 0.3) is 0 Å². The Morgan fingerprint density at radius 2 is 2.10 bits per heavy atom. The maximum absolute atomic E-state index is 12.4. The van der Waals surface area contributed by atoms with E-state index in [-0.39, 0.29) is 35.9 Å². The average Bonchev–Trinajstić information content (AvgIpc) is 2.89. The second-order valence-corrected chi connectivity index (χ2v) is 6.87. The van der Waals surface area contributed by atoms with Crippen LogP contribution in [0, 0.1) is 5.92 Å². The van der Waals surface area contributed by atoms with E-state index < -0.39 is 11.6 Å². The Hall–Kier alpha value is -1.79. The summed E-state index contributed by atoms with van der Waals surface area (Å²) in [4.78, 5) is 30.7. The minimum Gasteiger partial charge on any atom is -0.477 e. The van der Waals surface area contributed by atoms with Crippen LogP contribution in [0.2, 0.25) is 0 Å². The van der Waals surface area contributed by atoms with Crippen molar-refractivity contribution in [2.24, 2.45) is 11.1 Å². The molecule has 2 bridgehead atoms. The van der Waals surface area contributed by atoms with Crippen LogP contribution in [0.3, 0.4) is 0 Å². The van der Waals surface area contributed by atoms with Gasteiger partial charge in [-0.25, -0.2) is 9.59 Å². The van der Waals surface area contributed by atoms with Crippen LogP contribution >= 0.6 is 0 Å². The minimum atomic E-state index is -1.07. The zero-order valence-electron chi connectivity index (χ0n) is 12.4. The van der Waals surface area contributed by atoms with E-state index in [9.17, 15) is 14.7 Å². The monoisotopic (exact) mass is 296 g/mol. The van der Waals surface area contributed by atoms with Crippen molar-refractivity contribution in [3.63, 3.8) is 0 Å². The normalized spacial score (nSPS) is 34.0. The van der Waals surface area contributed by atoms with Crippen molar-refractivity contribution in [1.82, 2.24) is 4.90 Å². The largest absolute Gasteiger partial charge is 0.477 e. The molecule has 3 aliphatic rings. The van der Waals surface area contributed by atoms with Gasteiger partial charge in [0.15, 0.2) is 5.71 Å². The molecule has 7 nitrogen and oxygen atoms in total. The van der Waals surface area contributed by atoms with Crippen LogP contribution in [0.1, 0.15) is 40.0 Å². The molecule has 3 heterocycles. The second kappa shape index (κ2) is 4.61. The lowest BCUT2D eigenvalue weighted by Gasteiger charge is -2.40. The van der Waals surface area contributed by atoms with Gasteiger partial charge in [-0.1, -0.05) is 5.16 Å². The van der Waals surface area contributed by atoms with E-state index in [1.807, 2.05) is 20.8 Å². The fourth-order valence-corrected chi connectivity index (χ4v) is 3.59. The maximum Gasteiger partial charge on any atom is 0.410 e. The summed E-state index contributed by atoms with van der Waals surface area (Å²) in [5.74, 6) is -1.43. The minimum absolute atomic E-state index is 0.0268. The number of hydrogen-bond acceptors (Lipinski definition) is 5. The third-order valence-electron chi connectivity index (χ3n) is 4.29. The molecular weight excluding hydrogens is 276 g/mol. The van der Waals surface area contributed by atoms with Gasteiger partial charge < -0.3 is 19.6 Å². The standard InChI is InChI=1S/C14H20N2O5/c1-14(2,3)20-13(19)16-7-4-5-8(16)10-9(6-7)21-15-11(10)12(17)18/h7-10H,4-6H2,1-3H3,(H,17,18)/t7-,8+,9-,10+/m1/s1. The first kappa shape index (κ1) is 14.2. The van der Waals surface area contributed by atoms with E-state index >= 15 is 0 Å². The summed E-state index contributed by atoms with van der Waals surface area (Å²) in [6, 6.07) is -0.143. The quantitative estimate of drug-likeness (QED) is 0.794. The number of carboxylic acids is 1. The summed E-state index contributed by atoms with van der Waals surface area (Å²) in [7, 11) is 0. The number of carbonyl (C=O) groups is 2. The van der Waals surface area contributed by atoms with Crippen LogP contribution in [-0.2, 0) is 14.4 Å². The molecule has 0 unspecified atom stereocenters. The molecule has 0 aromatic rings. The van der Waals surface area contributed by atoms with Crippen molar-refractivity contribution in [3.05, 3.63) is 0 Å². The van der Waals surface area contributed by atoms with Gasteiger partial charge in [-0.05, 0) is 33.6 Å². The molecular formula is C14H20N2O5. The summed E-state index contributed by atoms with van der Waals surface area (Å²) in [6.07, 6.45) is 1.63. The molecule has 7 heteroatoms. The number of ether oxygens (including phenoxy) is 1. The molecule has 116 valence electrons. The predicted molar refractivity (Wildman–Crippen MR) is 72.9 cm³/mol. The average molecular weight is 296 g/mol. The first-order valence-corrected chi connectivity index (χ1v) is 7.26. The fraction of sp³-hybridized carbons (Fsp3) is 0.786. The Balaban J connectivity index is 1.83. The molecule has 3 rings (SSSR count). The Bertz CT molecular complexity index is 510. The van der Waals surface area contributed by atoms with Gasteiger partial charge in [-0.3, -0.25) is 0 Å². The first-order chi connectivity index (χ1) is 9.78. The number of carboxylic acid groups (broad SMARTS) is 1. The van der Waals surface area contributed by atoms with Crippen molar-refractivity contribution in [3.8, 4) is 0 Å². The van der Waals surface area contributed by atoms with Crippen LogP contribution in [0.4, 0.5) is 4.79 Å². The second-order valence-electron chi connectivity index (χ2n) is 6.87. The summed E-state index contributed by atoms with van der Waals surface area (Å²) in [5.41, 5.74) is -0.539. The fourth-order valence-electron chi connectivity index (χ4n) is 3.59. The van der Waals surface area contributed by atoms with Crippen LogP contribution in [0.15, 0.2) is 5.16 Å². The van der Waals surface area contributed by atoms with Crippen LogP contribution in [0.5, 0.6) is 0 Å². The molecule has 1 N–H and O–H groups in total. The lowest BCUT2D eigenvalue weighted by Crippen LogP contribution is -2.56. The number of hydrogen-bond donors (Lipinski definition) is 1. The predicted octanol–water partition coefficient (Wildman–Crippen LogP) is 1.61. The highest BCUT2D eigenvalue weighted by Gasteiger charge is 2.56. The third-order valence-corrected chi connectivity index (χ3v) is 4.29. The van der Waals surface area contributed by atoms with E-state index in [2.05, 4.69) is 5.16 Å². The highest BCUT2D eigenvalue weighted by atomic mass is 16.6. The topological polar surface area (TPSA) is 88.4 Å². The van der Waals surface area contributed by atoms with Crippen LogP contribution < -0.4 is 0 Å². The number of carbonyl (C=O) groups excluding carboxylic acids is 1. The zero-order valence-corrected chi connectivity index (χ0v) is 12.4. The number of piperidine rings is 1. The Morgan fingerprint density at radius 1 is 1.38 bits per heavy atom. The molecule has 2 fully saturated rings. The number of oxime groups is 1. The number of aliphatic carboxylic acids is 1. The van der Waals surface area contributed by atoms with Crippen molar-refractivity contribution in [2.75, 3.05) is 0 Å². The van der Waals surface area contributed by atoms with E-state index in [1.54, 1.807) is 4.90 Å². The van der Waals surface area contributed by atoms with Gasteiger partial charge in [0.1, 0.15) is 11.7 Å². The summed E-state index contributed by atoms with van der Waals surface area (Å²) >= 11 is 0. The van der Waals surface area contributed by atoms with E-state index in [4.69, 9.17) is 9.57 Å². The van der Waals surface area contributed by atoms with Crippen molar-refractivity contribution >= 4 is 17.8 Å². The SMILES string of the molecule is CC(C)(C)OC(=O)N1[C@@H]2CC[C@H]1[C@@H]1C(C(=O)O)=NO[C@@H]1C2. The third kappa shape index (κ3) is 2.34. The van der Waals surface area contributed by atoms with Gasteiger partial charge >= 0.3 is 12.1 Å². The number of nitrogens with zero attached hydrogens (tertiary/aromatic N) is 2. The van der Waals surface area contributed by atoms with E-state index in [0.717, 1.165) is 12.8 Å². The lowest BCUT2D eigenvalue weighted by molar-refractivity contribution is -0.129. The molecule has 1 amide bonds. The van der Waals surface area contributed by atoms with Gasteiger partial charge in [0.2, 0.25) is 0 Å². The molecule has 2 saturated heterocycles. The Morgan fingerprint density at radius 3 is 2.71 bits per heavy atom. The summed E-state index contributed by atoms with van der Waals surface area (Å²) in [6.45, 7) is 5.47. The van der Waals surface area contributed by atoms with Crippen LogP contribution in [-0.4, -0.2) is 51.6 Å². The molecule has 0 saturated carbocycles. The highest BCUT2D eigenvalue weighted by Crippen LogP contribution is 2.44. The van der Waals surface area contributed by atoms with Crippen molar-refractivity contribution in [1.29, 1.82) is 0 Å². The molecule has 0 spiro atoms. The van der Waals surface area contributed by atoms with Gasteiger partial charge in [-0.15, -0.1) is 0 Å². The van der Waals surface area contributed by atoms with Gasteiger partial charge in [-0.2, -0.15) is 0 Å². The number of amides is 1. The summed E-state index contributed by atoms with van der Waals surface area (Å²) in [5, 5.41) is 13.0. The smallest absolute Gasteiger partial charge is 0.410 e. The maximum atomic E-state index is 12.4. The Kier molecular flexibility index (Phi) is 3.11. The molecule has 3 aliphatic heterocycles. The van der Waals surface area contributed by atoms with Crippen molar-refractivity contribution < 1.29 is 24.3 Å². The number of fused-ring (bicyclic) bond motifs is 4. The molecule has 4 atom stereocenters. The summed E-state index contributed by atoms with van der Waals surface area (Å²) < 4.78 is 5.46. The van der Waals surface area contributed by atoms with Gasteiger partial charge in [0, 0.05) is 18.5 Å². The highest BCUT2D eigenvalue weighted by molar-refractivity contribution is 6.37. The van der Waals surface area contributed by atoms with E-state index in [1.165, 1.54) is 0 Å². The van der Waals surface area contributed by atoms with Gasteiger partial charge in [0.25, 0.3) is 0 Å². The zero-order chi connectivity index (χ0) is 15.4. The lowest BCUT2D eigenvalue weighted by atomic mass is 9.84. The molecule has 21 heavy (non-hydrogen) atoms. The van der Waals surface area contributed by atoms with Gasteiger partial charge in [0.05, 0.1) is 5.92 Å². The molecule has 0 radical (unpaired) electrons. The molecule has 0 aromatic heterocycles. The molecule has 0 aromatic carbocycles. The van der Waals surface area contributed by atoms with Crippen molar-refractivity contribution in [2.45, 2.75) is 63.8 Å². The Labute approximate surface area is 122 Å². The number of rotatable bonds is 1.